The van der Waals surface area contributed by atoms with Crippen LogP contribution in [0.5, 0.6) is 0 Å². The number of rotatable bonds is 11. The second-order valence-electron chi connectivity index (χ2n) is 9.80. The van der Waals surface area contributed by atoms with Crippen LogP contribution in [0.2, 0.25) is 0 Å². The van der Waals surface area contributed by atoms with E-state index < -0.39 is 46.9 Å². The number of aliphatic hydroxyl groups is 2. The summed E-state index contributed by atoms with van der Waals surface area (Å²) >= 11 is 0. The molecule has 0 aromatic heterocycles. The van der Waals surface area contributed by atoms with Crippen molar-refractivity contribution in [1.29, 1.82) is 0 Å². The van der Waals surface area contributed by atoms with E-state index in [1.807, 2.05) is 27.7 Å². The van der Waals surface area contributed by atoms with Gasteiger partial charge in [0.25, 0.3) is 0 Å². The lowest BCUT2D eigenvalue weighted by Gasteiger charge is -2.53. The Balaban J connectivity index is 2.33. The molecule has 2 atom stereocenters. The second kappa shape index (κ2) is 13.1. The van der Waals surface area contributed by atoms with Crippen molar-refractivity contribution in [3.05, 3.63) is 24.3 Å². The summed E-state index contributed by atoms with van der Waals surface area (Å²) in [6, 6.07) is 0. The largest absolute Gasteiger partial charge is 0.396 e. The highest BCUT2D eigenvalue weighted by Gasteiger charge is 2.54. The van der Waals surface area contributed by atoms with Crippen molar-refractivity contribution in [1.82, 2.24) is 0 Å². The molecule has 206 valence electrons. The normalized spacial score (nSPS) is 27.5. The van der Waals surface area contributed by atoms with Crippen molar-refractivity contribution in [2.24, 2.45) is 16.2 Å². The van der Waals surface area contributed by atoms with Gasteiger partial charge in [-0.15, -0.1) is 0 Å². The molecule has 0 bridgehead atoms. The molecule has 0 aromatic rings. The van der Waals surface area contributed by atoms with Gasteiger partial charge in [-0.25, -0.2) is 19.4 Å². The molecular formula is C26H42O10. The lowest BCUT2D eigenvalue weighted by Crippen LogP contribution is -2.61. The van der Waals surface area contributed by atoms with Crippen LogP contribution in [0, 0.1) is 16.2 Å². The van der Waals surface area contributed by atoms with E-state index in [0.29, 0.717) is 25.7 Å². The Hall–Kier alpha value is -1.82. The van der Waals surface area contributed by atoms with Gasteiger partial charge in [-0.1, -0.05) is 34.3 Å². The molecule has 0 radical (unpaired) electrons. The highest BCUT2D eigenvalue weighted by molar-refractivity contribution is 5.88. The fraction of sp³-hybridized carbons (Fsp3) is 0.769. The van der Waals surface area contributed by atoms with Gasteiger partial charge in [-0.3, -0.25) is 0 Å². The molecule has 2 N–H and O–H groups in total. The first-order chi connectivity index (χ1) is 17.1. The SMILES string of the molecule is C=CC(=O)OOC(=O)/C(C)=C/C1OC(C(CC)(CC)CO)OCC12COC(C(CC)(CC)CO)OC2. The Morgan fingerprint density at radius 1 is 0.917 bits per heavy atom. The third-order valence-corrected chi connectivity index (χ3v) is 7.98. The topological polar surface area (TPSA) is 130 Å². The standard InChI is InChI=1S/C26H42O10/c1-7-20(29)35-36-21(30)18(6)12-19-26(17-33-23(34-19)25(10-4,11-5)14-28)15-31-22(32-16-26)24(8-2,9-3)13-27/h7,12,19,22-23,27-28H,1,8-11,13-17H2,2-6H3/b18-12+. The van der Waals surface area contributed by atoms with Crippen LogP contribution in [-0.4, -0.2) is 73.9 Å². The highest BCUT2D eigenvalue weighted by atomic mass is 17.2. The number of carbonyl (C=O) groups is 2. The third-order valence-electron chi connectivity index (χ3n) is 7.98. The molecule has 2 aliphatic rings. The number of ether oxygens (including phenoxy) is 4. The predicted octanol–water partition coefficient (Wildman–Crippen LogP) is 2.82. The molecule has 10 nitrogen and oxygen atoms in total. The minimum absolute atomic E-state index is 0.0729. The molecule has 2 fully saturated rings. The lowest BCUT2D eigenvalue weighted by molar-refractivity contribution is -0.357. The van der Waals surface area contributed by atoms with E-state index in [2.05, 4.69) is 16.4 Å². The number of hydrogen-bond donors (Lipinski definition) is 2. The van der Waals surface area contributed by atoms with Gasteiger partial charge in [0, 0.05) is 22.5 Å². The summed E-state index contributed by atoms with van der Waals surface area (Å²) in [5.41, 5.74) is -1.81. The highest BCUT2D eigenvalue weighted by Crippen LogP contribution is 2.45. The van der Waals surface area contributed by atoms with E-state index in [9.17, 15) is 19.8 Å². The van der Waals surface area contributed by atoms with Crippen LogP contribution in [0.1, 0.15) is 60.3 Å². The van der Waals surface area contributed by atoms with Crippen LogP contribution in [0.3, 0.4) is 0 Å². The average molecular weight is 515 g/mol. The van der Waals surface area contributed by atoms with E-state index in [1.54, 1.807) is 6.08 Å². The van der Waals surface area contributed by atoms with Gasteiger partial charge in [0.1, 0.15) is 0 Å². The predicted molar refractivity (Wildman–Crippen MR) is 129 cm³/mol. The molecule has 2 heterocycles. The van der Waals surface area contributed by atoms with E-state index in [-0.39, 0.29) is 38.6 Å². The molecule has 10 heteroatoms. The third kappa shape index (κ3) is 6.17. The van der Waals surface area contributed by atoms with Crippen LogP contribution < -0.4 is 0 Å². The van der Waals surface area contributed by atoms with Gasteiger partial charge in [-0.2, -0.15) is 0 Å². The van der Waals surface area contributed by atoms with Gasteiger partial charge in [0.15, 0.2) is 12.6 Å². The van der Waals surface area contributed by atoms with Gasteiger partial charge in [0.2, 0.25) is 0 Å². The minimum atomic E-state index is -0.895. The zero-order valence-corrected chi connectivity index (χ0v) is 22.1. The zero-order chi connectivity index (χ0) is 27.0. The minimum Gasteiger partial charge on any atom is -0.396 e. The molecule has 0 aromatic carbocycles. The number of hydrogen-bond acceptors (Lipinski definition) is 10. The molecule has 36 heavy (non-hydrogen) atoms. The summed E-state index contributed by atoms with van der Waals surface area (Å²) in [4.78, 5) is 32.7. The van der Waals surface area contributed by atoms with E-state index in [0.717, 1.165) is 6.08 Å². The van der Waals surface area contributed by atoms with E-state index in [1.165, 1.54) is 6.92 Å². The van der Waals surface area contributed by atoms with Gasteiger partial charge >= 0.3 is 11.9 Å². The van der Waals surface area contributed by atoms with Crippen molar-refractivity contribution >= 4 is 11.9 Å². The Bertz CT molecular complexity index is 751. The lowest BCUT2D eigenvalue weighted by atomic mass is 9.77. The van der Waals surface area contributed by atoms with Crippen LogP contribution >= 0.6 is 0 Å². The summed E-state index contributed by atoms with van der Waals surface area (Å²) in [7, 11) is 0. The first-order valence-electron chi connectivity index (χ1n) is 12.6. The van der Waals surface area contributed by atoms with Gasteiger partial charge in [0.05, 0.1) is 44.6 Å². The molecule has 2 saturated heterocycles. The summed E-state index contributed by atoms with van der Waals surface area (Å²) in [5.74, 6) is -1.76. The molecule has 0 amide bonds. The number of aliphatic hydroxyl groups excluding tert-OH is 2. The molecular weight excluding hydrogens is 472 g/mol. The molecule has 2 rings (SSSR count). The first-order valence-corrected chi connectivity index (χ1v) is 12.6. The van der Waals surface area contributed by atoms with Crippen LogP contribution in [0.15, 0.2) is 24.3 Å². The van der Waals surface area contributed by atoms with Crippen molar-refractivity contribution in [2.45, 2.75) is 79.0 Å². The van der Waals surface area contributed by atoms with Crippen molar-refractivity contribution in [3.63, 3.8) is 0 Å². The van der Waals surface area contributed by atoms with E-state index in [4.69, 9.17) is 18.9 Å². The smallest absolute Gasteiger partial charge is 0.381 e. The van der Waals surface area contributed by atoms with Crippen molar-refractivity contribution < 1.29 is 48.5 Å². The van der Waals surface area contributed by atoms with Gasteiger partial charge in [-0.05, 0) is 38.7 Å². The summed E-state index contributed by atoms with van der Waals surface area (Å²) in [6.07, 6.45) is 3.03. The van der Waals surface area contributed by atoms with Crippen LogP contribution in [-0.2, 0) is 38.3 Å². The monoisotopic (exact) mass is 514 g/mol. The Morgan fingerprint density at radius 2 is 1.39 bits per heavy atom. The number of carbonyl (C=O) groups excluding carboxylic acids is 2. The van der Waals surface area contributed by atoms with Crippen molar-refractivity contribution in [2.75, 3.05) is 33.0 Å². The zero-order valence-electron chi connectivity index (χ0n) is 22.1. The summed E-state index contributed by atoms with van der Waals surface area (Å²) < 4.78 is 24.9. The maximum Gasteiger partial charge on any atom is 0.381 e. The van der Waals surface area contributed by atoms with Gasteiger partial charge < -0.3 is 29.2 Å². The molecule has 2 aliphatic heterocycles. The Kier molecular flexibility index (Phi) is 11.1. The molecule has 0 saturated carbocycles. The van der Waals surface area contributed by atoms with Crippen LogP contribution in [0.4, 0.5) is 0 Å². The maximum atomic E-state index is 12.4. The fourth-order valence-corrected chi connectivity index (χ4v) is 4.59. The Labute approximate surface area is 213 Å². The summed E-state index contributed by atoms with van der Waals surface area (Å²) in [6.45, 7) is 13.0. The maximum absolute atomic E-state index is 12.4. The molecule has 2 unspecified atom stereocenters. The average Bonchev–Trinajstić information content (AvgIpc) is 2.92. The molecule has 0 aliphatic carbocycles. The fourth-order valence-electron chi connectivity index (χ4n) is 4.59. The van der Waals surface area contributed by atoms with Crippen molar-refractivity contribution in [3.8, 4) is 0 Å². The Morgan fingerprint density at radius 3 is 1.83 bits per heavy atom. The first kappa shape index (κ1) is 30.4. The molecule has 1 spiro atoms. The second-order valence-corrected chi connectivity index (χ2v) is 9.80. The van der Waals surface area contributed by atoms with Crippen LogP contribution in [0.25, 0.3) is 0 Å². The quantitative estimate of drug-likeness (QED) is 0.241. The van der Waals surface area contributed by atoms with E-state index >= 15 is 0 Å². The summed E-state index contributed by atoms with van der Waals surface area (Å²) in [5, 5.41) is 20.2.